The highest BCUT2D eigenvalue weighted by molar-refractivity contribution is 7.89. The van der Waals surface area contributed by atoms with Gasteiger partial charge in [-0.1, -0.05) is 24.4 Å². The van der Waals surface area contributed by atoms with Crippen molar-refractivity contribution in [3.8, 4) is 12.1 Å². The topological polar surface area (TPSA) is 71.6 Å². The summed E-state index contributed by atoms with van der Waals surface area (Å²) in [5.41, 5.74) is 0. The molecule has 2 N–H and O–H groups in total. The summed E-state index contributed by atoms with van der Waals surface area (Å²) < 4.78 is 0. The molecule has 0 aromatic heterocycles. The van der Waals surface area contributed by atoms with E-state index in [9.17, 15) is 0 Å². The molecule has 0 radical (unpaired) electrons. The summed E-state index contributed by atoms with van der Waals surface area (Å²) in [6.45, 7) is 0.237. The van der Waals surface area contributed by atoms with E-state index in [0.717, 1.165) is 0 Å². The largest absolute Gasteiger partial charge is 0.361 e. The highest BCUT2D eigenvalue weighted by atomic mass is 32.1. The van der Waals surface area contributed by atoms with Crippen molar-refractivity contribution in [2.45, 2.75) is 0 Å². The lowest BCUT2D eigenvalue weighted by atomic mass is 10.5. The van der Waals surface area contributed by atoms with Crippen LogP contribution in [0.3, 0.4) is 0 Å². The van der Waals surface area contributed by atoms with Crippen LogP contribution in [0.15, 0.2) is 0 Å². The molecule has 0 spiro atoms. The van der Waals surface area contributed by atoms with Crippen molar-refractivity contribution in [1.29, 1.82) is 10.5 Å². The quantitative estimate of drug-likeness (QED) is 0.475. The summed E-state index contributed by atoms with van der Waals surface area (Å²) in [5.74, 6) is 0. The van der Waals surface area contributed by atoms with Crippen molar-refractivity contribution in [2.24, 2.45) is 0 Å². The smallest absolute Gasteiger partial charge is 0.134 e. The Hall–Kier alpha value is -1.24. The SMILES string of the molecule is N#CCNC(=S)C(=S)NCC#N. The van der Waals surface area contributed by atoms with E-state index >= 15 is 0 Å². The predicted octanol–water partition coefficient (Wildman–Crippen LogP) is -0.132. The molecular weight excluding hydrogens is 192 g/mol. The van der Waals surface area contributed by atoms with Crippen LogP contribution in [0.25, 0.3) is 0 Å². The Kier molecular flexibility index (Phi) is 5.80. The molecule has 0 aliphatic rings. The van der Waals surface area contributed by atoms with Gasteiger partial charge in [-0.2, -0.15) is 10.5 Å². The molecule has 0 aliphatic heterocycles. The second kappa shape index (κ2) is 6.47. The van der Waals surface area contributed by atoms with Crippen LogP contribution < -0.4 is 10.6 Å². The Bertz CT molecular complexity index is 232. The lowest BCUT2D eigenvalue weighted by Gasteiger charge is -2.05. The van der Waals surface area contributed by atoms with Crippen LogP contribution in [0.1, 0.15) is 0 Å². The Morgan fingerprint density at radius 2 is 1.33 bits per heavy atom. The molecule has 62 valence electrons. The first-order valence-electron chi connectivity index (χ1n) is 3.02. The number of nitrogens with zero attached hydrogens (tertiary/aromatic N) is 2. The second-order valence-corrected chi connectivity index (χ2v) is 2.50. The van der Waals surface area contributed by atoms with Gasteiger partial charge >= 0.3 is 0 Å². The Morgan fingerprint density at radius 3 is 1.58 bits per heavy atom. The summed E-state index contributed by atoms with van der Waals surface area (Å²) >= 11 is 9.56. The third-order valence-corrected chi connectivity index (χ3v) is 1.69. The van der Waals surface area contributed by atoms with E-state index in [1.54, 1.807) is 0 Å². The van der Waals surface area contributed by atoms with Crippen molar-refractivity contribution in [1.82, 2.24) is 10.6 Å². The van der Waals surface area contributed by atoms with Crippen LogP contribution in [-0.2, 0) is 0 Å². The maximum atomic E-state index is 8.18. The van der Waals surface area contributed by atoms with Crippen molar-refractivity contribution < 1.29 is 0 Å². The van der Waals surface area contributed by atoms with Gasteiger partial charge in [0.1, 0.15) is 23.1 Å². The highest BCUT2D eigenvalue weighted by Crippen LogP contribution is 1.76. The minimum atomic E-state index is 0.118. The lowest BCUT2D eigenvalue weighted by Crippen LogP contribution is -2.37. The molecule has 0 aromatic rings. The first-order valence-corrected chi connectivity index (χ1v) is 3.84. The fourth-order valence-electron chi connectivity index (χ4n) is 0.400. The summed E-state index contributed by atoms with van der Waals surface area (Å²) in [7, 11) is 0. The number of thiocarbonyl (C=S) groups is 2. The number of hydrogen-bond donors (Lipinski definition) is 2. The van der Waals surface area contributed by atoms with Crippen molar-refractivity contribution in [2.75, 3.05) is 13.1 Å². The third-order valence-electron chi connectivity index (χ3n) is 0.862. The van der Waals surface area contributed by atoms with Crippen molar-refractivity contribution in [3.63, 3.8) is 0 Å². The minimum absolute atomic E-state index is 0.118. The number of nitriles is 2. The molecule has 12 heavy (non-hydrogen) atoms. The molecule has 0 saturated carbocycles. The molecule has 6 heteroatoms. The molecule has 0 aromatic carbocycles. The highest BCUT2D eigenvalue weighted by Gasteiger charge is 2.00. The van der Waals surface area contributed by atoms with E-state index in [4.69, 9.17) is 35.0 Å². The lowest BCUT2D eigenvalue weighted by molar-refractivity contribution is 1.05. The summed E-state index contributed by atoms with van der Waals surface area (Å²) in [6.07, 6.45) is 0. The van der Waals surface area contributed by atoms with Gasteiger partial charge in [0.25, 0.3) is 0 Å². The van der Waals surface area contributed by atoms with Crippen LogP contribution in [0, 0.1) is 22.7 Å². The predicted molar refractivity (Wildman–Crippen MR) is 52.4 cm³/mol. The van der Waals surface area contributed by atoms with Gasteiger partial charge in [0, 0.05) is 0 Å². The summed E-state index contributed by atoms with van der Waals surface area (Å²) in [5, 5.41) is 21.6. The van der Waals surface area contributed by atoms with E-state index in [-0.39, 0.29) is 13.1 Å². The van der Waals surface area contributed by atoms with E-state index in [2.05, 4.69) is 10.6 Å². The van der Waals surface area contributed by atoms with Gasteiger partial charge in [-0.25, -0.2) is 0 Å². The van der Waals surface area contributed by atoms with Gasteiger partial charge in [0.05, 0.1) is 12.1 Å². The molecular formula is C6H6N4S2. The van der Waals surface area contributed by atoms with Gasteiger partial charge in [-0.05, 0) is 0 Å². The molecule has 0 rings (SSSR count). The first-order chi connectivity index (χ1) is 5.72. The Morgan fingerprint density at radius 1 is 1.00 bits per heavy atom. The van der Waals surface area contributed by atoms with Gasteiger partial charge < -0.3 is 10.6 Å². The fourth-order valence-corrected chi connectivity index (χ4v) is 0.689. The molecule has 0 bridgehead atoms. The van der Waals surface area contributed by atoms with Crippen LogP contribution in [0.4, 0.5) is 0 Å². The molecule has 0 amide bonds. The summed E-state index contributed by atoms with van der Waals surface area (Å²) in [6, 6.07) is 3.72. The zero-order valence-corrected chi connectivity index (χ0v) is 7.76. The molecule has 0 unspecified atom stereocenters. The van der Waals surface area contributed by atoms with Gasteiger partial charge in [-0.15, -0.1) is 0 Å². The zero-order valence-electron chi connectivity index (χ0n) is 6.13. The van der Waals surface area contributed by atoms with Gasteiger partial charge in [0.15, 0.2) is 0 Å². The monoisotopic (exact) mass is 198 g/mol. The molecule has 0 atom stereocenters. The van der Waals surface area contributed by atoms with Gasteiger partial charge in [-0.3, -0.25) is 0 Å². The maximum absolute atomic E-state index is 8.18. The standard InChI is InChI=1S/C6H6N4S2/c7-1-3-9-5(11)6(12)10-4-2-8/h3-4H2,(H,9,11)(H,10,12). The fraction of sp³-hybridized carbons (Fsp3) is 0.333. The third kappa shape index (κ3) is 4.56. The molecule has 0 fully saturated rings. The average molecular weight is 198 g/mol. The Balaban J connectivity index is 3.73. The minimum Gasteiger partial charge on any atom is -0.361 e. The number of hydrogen-bond acceptors (Lipinski definition) is 4. The van der Waals surface area contributed by atoms with E-state index in [1.807, 2.05) is 12.1 Å². The maximum Gasteiger partial charge on any atom is 0.134 e. The number of nitrogens with one attached hydrogen (secondary N) is 2. The van der Waals surface area contributed by atoms with Crippen LogP contribution >= 0.6 is 24.4 Å². The summed E-state index contributed by atoms with van der Waals surface area (Å²) in [4.78, 5) is 0.587. The van der Waals surface area contributed by atoms with E-state index in [1.165, 1.54) is 0 Å². The second-order valence-electron chi connectivity index (χ2n) is 1.68. The normalized spacial score (nSPS) is 7.50. The van der Waals surface area contributed by atoms with Crippen LogP contribution in [0.5, 0.6) is 0 Å². The molecule has 4 nitrogen and oxygen atoms in total. The number of rotatable bonds is 2. The van der Waals surface area contributed by atoms with Crippen molar-refractivity contribution in [3.05, 3.63) is 0 Å². The van der Waals surface area contributed by atoms with E-state index < -0.39 is 0 Å². The molecule has 0 aliphatic carbocycles. The first kappa shape index (κ1) is 10.8. The molecule has 0 saturated heterocycles. The zero-order chi connectivity index (χ0) is 9.40. The molecule has 0 heterocycles. The van der Waals surface area contributed by atoms with Crippen LogP contribution in [-0.4, -0.2) is 23.1 Å². The van der Waals surface area contributed by atoms with Crippen molar-refractivity contribution >= 4 is 34.4 Å². The van der Waals surface area contributed by atoms with Crippen LogP contribution in [0.2, 0.25) is 0 Å². The van der Waals surface area contributed by atoms with Gasteiger partial charge in [0.2, 0.25) is 0 Å². The van der Waals surface area contributed by atoms with E-state index in [0.29, 0.717) is 9.98 Å². The Labute approximate surface area is 81.2 Å². The average Bonchev–Trinajstić information content (AvgIpc) is 2.10.